The molecule has 0 bridgehead atoms. The van der Waals surface area contributed by atoms with Gasteiger partial charge in [0.15, 0.2) is 0 Å². The summed E-state index contributed by atoms with van der Waals surface area (Å²) in [7, 11) is 11.2. The van der Waals surface area contributed by atoms with E-state index < -0.39 is 28.6 Å². The van der Waals surface area contributed by atoms with Crippen molar-refractivity contribution in [1.29, 1.82) is 0 Å². The summed E-state index contributed by atoms with van der Waals surface area (Å²) in [5, 5.41) is 29.1. The number of hydrogen-bond donors (Lipinski definition) is 6. The van der Waals surface area contributed by atoms with Gasteiger partial charge in [-0.3, -0.25) is 48.5 Å². The summed E-state index contributed by atoms with van der Waals surface area (Å²) in [6.45, 7) is 2.62. The van der Waals surface area contributed by atoms with E-state index in [0.717, 1.165) is 36.9 Å². The van der Waals surface area contributed by atoms with Gasteiger partial charge in [-0.1, -0.05) is 12.1 Å². The number of carbonyl (C=O) groups is 8. The van der Waals surface area contributed by atoms with E-state index in [1.54, 1.807) is 53.8 Å². The molecule has 0 atom stereocenters. The highest BCUT2D eigenvalue weighted by Crippen LogP contribution is 2.36. The Balaban J connectivity index is 0.00000593. The lowest BCUT2D eigenvalue weighted by Gasteiger charge is -2.27. The Morgan fingerprint density at radius 2 is 1.03 bits per heavy atom. The lowest BCUT2D eigenvalue weighted by Crippen LogP contribution is -2.41. The fraction of sp³-hybridized carbons (Fsp3) is 0.360. The number of amides is 8. The Bertz CT molecular complexity index is 2810. The Morgan fingerprint density at radius 3 is 1.49 bits per heavy atom. The van der Waals surface area contributed by atoms with Gasteiger partial charge in [0.05, 0.1) is 27.5 Å². The summed E-state index contributed by atoms with van der Waals surface area (Å²) in [5.41, 5.74) is 0.740. The predicted molar refractivity (Wildman–Crippen MR) is 285 cm³/mol. The van der Waals surface area contributed by atoms with Gasteiger partial charge in [0.2, 0.25) is 11.8 Å². The van der Waals surface area contributed by atoms with Gasteiger partial charge in [-0.05, 0) is 109 Å². The molecule has 5 aromatic rings. The van der Waals surface area contributed by atoms with Crippen molar-refractivity contribution in [3.8, 4) is 0 Å². The molecule has 74 heavy (non-hydrogen) atoms. The van der Waals surface area contributed by atoms with E-state index in [1.807, 2.05) is 38.0 Å². The summed E-state index contributed by atoms with van der Waals surface area (Å²) in [6, 6.07) is 13.8. The number of nitrogens with one attached hydrogen (secondary N) is 6. The number of halogens is 2. The maximum atomic E-state index is 14.2. The van der Waals surface area contributed by atoms with Gasteiger partial charge >= 0.3 is 0 Å². The van der Waals surface area contributed by atoms with Crippen molar-refractivity contribution < 1.29 is 43.3 Å². The molecule has 3 heterocycles. The van der Waals surface area contributed by atoms with Crippen LogP contribution in [0.3, 0.4) is 0 Å². The molecular weight excluding hydrogens is 1000 g/mol. The molecule has 6 rings (SSSR count). The first-order valence-corrected chi connectivity index (χ1v) is 23.4. The monoisotopic (exact) mass is 1060 g/mol. The van der Waals surface area contributed by atoms with Crippen LogP contribution in [0.25, 0.3) is 10.8 Å². The van der Waals surface area contributed by atoms with Gasteiger partial charge in [-0.25, -0.2) is 4.90 Å². The van der Waals surface area contributed by atoms with Gasteiger partial charge in [0.1, 0.15) is 11.4 Å². The number of nitrogens with zero attached hydrogens (tertiary/aromatic N) is 6. The number of hydrogen-bond acceptors (Lipinski definition) is 12. The summed E-state index contributed by atoms with van der Waals surface area (Å²) < 4.78 is 3.21. The van der Waals surface area contributed by atoms with Crippen LogP contribution in [0.4, 0.5) is 22.7 Å². The zero-order valence-electron chi connectivity index (χ0n) is 42.0. The number of nitro benzene ring substituents is 1. The first-order valence-electron chi connectivity index (χ1n) is 23.4. The Hall–Kier alpha value is -7.66. The number of anilines is 3. The summed E-state index contributed by atoms with van der Waals surface area (Å²) >= 11 is 0. The lowest BCUT2D eigenvalue weighted by molar-refractivity contribution is -0.384. The molecule has 0 spiro atoms. The zero-order chi connectivity index (χ0) is 52.2. The van der Waals surface area contributed by atoms with Gasteiger partial charge in [-0.2, -0.15) is 0 Å². The van der Waals surface area contributed by atoms with Crippen LogP contribution in [-0.2, 0) is 23.7 Å². The predicted octanol–water partition coefficient (Wildman–Crippen LogP) is 4.73. The van der Waals surface area contributed by atoms with Gasteiger partial charge in [0, 0.05) is 99.7 Å². The van der Waals surface area contributed by atoms with Crippen molar-refractivity contribution in [1.82, 2.24) is 40.2 Å². The second-order valence-corrected chi connectivity index (χ2v) is 18.0. The van der Waals surface area contributed by atoms with E-state index in [-0.39, 0.29) is 126 Å². The molecule has 0 unspecified atom stereocenters. The van der Waals surface area contributed by atoms with E-state index in [1.165, 1.54) is 36.4 Å². The molecule has 8 amide bonds. The lowest BCUT2D eigenvalue weighted by atomic mass is 9.92. The highest BCUT2D eigenvalue weighted by molar-refractivity contribution is 6.36. The van der Waals surface area contributed by atoms with Crippen LogP contribution in [0.5, 0.6) is 0 Å². The van der Waals surface area contributed by atoms with Crippen LogP contribution in [-0.4, -0.2) is 139 Å². The Labute approximate surface area is 439 Å². The zero-order valence-corrected chi connectivity index (χ0v) is 43.6. The largest absolute Gasteiger partial charge is 0.352 e. The summed E-state index contributed by atoms with van der Waals surface area (Å²) in [6.07, 6.45) is 5.12. The Morgan fingerprint density at radius 1 is 0.581 bits per heavy atom. The molecule has 396 valence electrons. The van der Waals surface area contributed by atoms with E-state index >= 15 is 0 Å². The molecule has 1 aliphatic heterocycles. The highest BCUT2D eigenvalue weighted by Gasteiger charge is 2.36. The van der Waals surface area contributed by atoms with Gasteiger partial charge < -0.3 is 50.8 Å². The van der Waals surface area contributed by atoms with E-state index in [4.69, 9.17) is 0 Å². The number of imide groups is 1. The third-order valence-corrected chi connectivity index (χ3v) is 11.7. The molecule has 24 heteroatoms. The van der Waals surface area contributed by atoms with Gasteiger partial charge in [0.25, 0.3) is 41.1 Å². The van der Waals surface area contributed by atoms with Crippen LogP contribution in [0.15, 0.2) is 73.1 Å². The first-order chi connectivity index (χ1) is 34.3. The minimum atomic E-state index is -0.911. The van der Waals surface area contributed by atoms with E-state index in [2.05, 4.69) is 31.9 Å². The molecular formula is C50H62Cl2N12O10. The number of nitro groups is 1. The van der Waals surface area contributed by atoms with Crippen LogP contribution < -0.4 is 36.8 Å². The van der Waals surface area contributed by atoms with Crippen LogP contribution in [0.2, 0.25) is 0 Å². The van der Waals surface area contributed by atoms with Crippen LogP contribution >= 0.6 is 24.8 Å². The molecule has 6 N–H and O–H groups in total. The smallest absolute Gasteiger partial charge is 0.270 e. The highest BCUT2D eigenvalue weighted by atomic mass is 35.5. The average Bonchev–Trinajstić information content (AvgIpc) is 3.90. The van der Waals surface area contributed by atoms with Crippen molar-refractivity contribution in [3.63, 3.8) is 0 Å². The number of rotatable bonds is 24. The number of benzene rings is 3. The second kappa shape index (κ2) is 26.9. The maximum absolute atomic E-state index is 14.2. The fourth-order valence-electron chi connectivity index (χ4n) is 8.08. The maximum Gasteiger partial charge on any atom is 0.270 e. The van der Waals surface area contributed by atoms with Crippen LogP contribution in [0, 0.1) is 10.1 Å². The minimum Gasteiger partial charge on any atom is -0.352 e. The van der Waals surface area contributed by atoms with E-state index in [9.17, 15) is 48.5 Å². The molecule has 1 aliphatic rings. The molecule has 0 saturated carbocycles. The fourth-order valence-corrected chi connectivity index (χ4v) is 8.08. The van der Waals surface area contributed by atoms with Crippen LogP contribution in [0.1, 0.15) is 101 Å². The van der Waals surface area contributed by atoms with Crippen molar-refractivity contribution in [2.45, 2.75) is 38.5 Å². The molecule has 3 aromatic carbocycles. The van der Waals surface area contributed by atoms with Crippen molar-refractivity contribution in [3.05, 3.63) is 117 Å². The second-order valence-electron chi connectivity index (χ2n) is 18.0. The third kappa shape index (κ3) is 15.2. The first kappa shape index (κ1) is 58.9. The van der Waals surface area contributed by atoms with Crippen molar-refractivity contribution >= 4 is 106 Å². The number of aromatic nitrogens is 2. The summed E-state index contributed by atoms with van der Waals surface area (Å²) in [4.78, 5) is 123. The minimum absolute atomic E-state index is 0. The van der Waals surface area contributed by atoms with E-state index in [0.29, 0.717) is 41.2 Å². The molecule has 2 aromatic heterocycles. The summed E-state index contributed by atoms with van der Waals surface area (Å²) in [5.74, 6) is -4.40. The van der Waals surface area contributed by atoms with Gasteiger partial charge in [-0.15, -0.1) is 24.8 Å². The molecule has 22 nitrogen and oxygen atoms in total. The standard InChI is InChI=1S/C50H60N12O10.2ClH/c1-57(2)20-10-18-53-47(67)40-26-34(29-59(40)5)55-42(63)14-8-16-51-45(65)32-22-33(25-36(24-32)61-49(69)38-13-7-12-31-23-37(62(71)72)28-39(44(31)38)50(61)70)46(66)52-17-9-15-43(64)56-35-27-41(60(6)30-35)48(68)54-19-11-21-58(3)4;;/h7,12-13,22-30H,8-11,14-21H2,1-6H3,(H,51,65)(H,52,66)(H,53,67)(H,54,68)(H,55,63)(H,56,64);2*1H. The Kier molecular flexibility index (Phi) is 21.4. The van der Waals surface area contributed by atoms with Crippen molar-refractivity contribution in [2.75, 3.05) is 83.0 Å². The normalized spacial score (nSPS) is 11.7. The number of aryl methyl sites for hydroxylation is 2. The topological polar surface area (TPSA) is 271 Å². The number of carbonyl (C=O) groups excluding carboxylic acids is 8. The molecule has 0 saturated heterocycles. The molecule has 0 radical (unpaired) electrons. The number of non-ortho nitro benzene ring substituents is 1. The third-order valence-electron chi connectivity index (χ3n) is 11.7. The average molecular weight is 1060 g/mol. The molecule has 0 aliphatic carbocycles. The van der Waals surface area contributed by atoms with Crippen molar-refractivity contribution in [2.24, 2.45) is 14.1 Å². The molecule has 0 fully saturated rings. The SMILES string of the molecule is CN(C)CCCNC(=O)c1cc(NC(=O)CCCNC(=O)c2cc(C(=O)NCCCC(=O)Nc3cc(C(=O)NCCCN(C)C)n(C)c3)cc(N3C(=O)c4cccc5cc([N+](=O)[O-])cc(c45)C3=O)c2)cn1C.Cl.Cl. The quantitative estimate of drug-likeness (QED) is 0.0212.